The number of benzene rings is 1. The highest BCUT2D eigenvalue weighted by Gasteiger charge is 2.37. The molecule has 0 aliphatic carbocycles. The quantitative estimate of drug-likeness (QED) is 0.721. The number of fused-ring (bicyclic) bond motifs is 1. The Kier molecular flexibility index (Phi) is 3.06. The Labute approximate surface area is 112 Å². The van der Waals surface area contributed by atoms with E-state index in [1.807, 2.05) is 0 Å². The molecule has 2 aliphatic rings. The average Bonchev–Trinajstić information content (AvgIpc) is 2.96. The van der Waals surface area contributed by atoms with Gasteiger partial charge in [-0.25, -0.2) is 4.79 Å². The molecule has 19 heavy (non-hydrogen) atoms. The van der Waals surface area contributed by atoms with Crippen LogP contribution in [0.2, 0.25) is 0 Å². The van der Waals surface area contributed by atoms with Crippen LogP contribution in [0.25, 0.3) is 0 Å². The van der Waals surface area contributed by atoms with Crippen LogP contribution in [0.15, 0.2) is 18.2 Å². The topological polar surface area (TPSA) is 78.6 Å². The summed E-state index contributed by atoms with van der Waals surface area (Å²) in [6.07, 6.45) is 3.64. The van der Waals surface area contributed by atoms with Gasteiger partial charge in [-0.1, -0.05) is 0 Å². The van der Waals surface area contributed by atoms with Gasteiger partial charge < -0.3 is 16.2 Å². The van der Waals surface area contributed by atoms with Crippen molar-refractivity contribution in [1.29, 1.82) is 0 Å². The van der Waals surface area contributed by atoms with Crippen LogP contribution in [0.3, 0.4) is 0 Å². The van der Waals surface area contributed by atoms with Gasteiger partial charge in [0.25, 0.3) is 0 Å². The molecule has 2 unspecified atom stereocenters. The number of anilines is 2. The van der Waals surface area contributed by atoms with Crippen molar-refractivity contribution in [2.45, 2.75) is 31.3 Å². The Hall–Kier alpha value is -1.75. The van der Waals surface area contributed by atoms with Crippen LogP contribution in [0, 0.1) is 0 Å². The van der Waals surface area contributed by atoms with Gasteiger partial charge in [0.15, 0.2) is 0 Å². The summed E-state index contributed by atoms with van der Waals surface area (Å²) in [5.41, 5.74) is 7.53. The Bertz CT molecular complexity index is 503. The number of nitrogen functional groups attached to an aromatic ring is 1. The van der Waals surface area contributed by atoms with E-state index in [9.17, 15) is 4.79 Å². The molecule has 0 saturated carbocycles. The molecule has 2 heterocycles. The van der Waals surface area contributed by atoms with Crippen molar-refractivity contribution in [2.24, 2.45) is 0 Å². The number of hydrogen-bond donors (Lipinski definition) is 3. The van der Waals surface area contributed by atoms with Gasteiger partial charge in [-0.2, -0.15) is 0 Å². The van der Waals surface area contributed by atoms with Gasteiger partial charge in [0.2, 0.25) is 0 Å². The van der Waals surface area contributed by atoms with Crippen LogP contribution in [0.1, 0.15) is 29.6 Å². The zero-order chi connectivity index (χ0) is 13.4. The second kappa shape index (κ2) is 4.74. The van der Waals surface area contributed by atoms with Gasteiger partial charge in [-0.05, 0) is 44.0 Å². The summed E-state index contributed by atoms with van der Waals surface area (Å²) in [4.78, 5) is 13.4. The van der Waals surface area contributed by atoms with Gasteiger partial charge in [0, 0.05) is 18.6 Å². The van der Waals surface area contributed by atoms with Crippen molar-refractivity contribution < 1.29 is 9.90 Å². The number of nitrogens with zero attached hydrogens (tertiary/aromatic N) is 1. The largest absolute Gasteiger partial charge is 0.478 e. The van der Waals surface area contributed by atoms with Crippen molar-refractivity contribution in [1.82, 2.24) is 4.90 Å². The highest BCUT2D eigenvalue weighted by molar-refractivity contribution is 5.90. The molecular weight excluding hydrogens is 242 g/mol. The first-order valence-electron chi connectivity index (χ1n) is 6.78. The maximum atomic E-state index is 10.9. The first-order valence-corrected chi connectivity index (χ1v) is 6.78. The summed E-state index contributed by atoms with van der Waals surface area (Å²) in [5, 5.41) is 12.4. The van der Waals surface area contributed by atoms with Crippen LogP contribution in [-0.4, -0.2) is 41.1 Å². The lowest BCUT2D eigenvalue weighted by Crippen LogP contribution is -2.33. The Morgan fingerprint density at radius 2 is 2.21 bits per heavy atom. The molecule has 2 saturated heterocycles. The molecule has 0 bridgehead atoms. The fraction of sp³-hybridized carbons (Fsp3) is 0.500. The lowest BCUT2D eigenvalue weighted by molar-refractivity contribution is 0.0697. The van der Waals surface area contributed by atoms with Crippen molar-refractivity contribution in [3.8, 4) is 0 Å². The second-order valence-electron chi connectivity index (χ2n) is 5.39. The monoisotopic (exact) mass is 261 g/mol. The van der Waals surface area contributed by atoms with E-state index >= 15 is 0 Å². The maximum absolute atomic E-state index is 10.9. The zero-order valence-corrected chi connectivity index (χ0v) is 10.8. The molecule has 2 fully saturated rings. The van der Waals surface area contributed by atoms with Gasteiger partial charge in [0.1, 0.15) is 0 Å². The molecule has 1 aromatic rings. The molecule has 2 atom stereocenters. The van der Waals surface area contributed by atoms with E-state index < -0.39 is 5.97 Å². The van der Waals surface area contributed by atoms with E-state index in [0.717, 1.165) is 18.7 Å². The summed E-state index contributed by atoms with van der Waals surface area (Å²) in [5.74, 6) is -0.943. The normalized spacial score (nSPS) is 26.3. The third kappa shape index (κ3) is 2.26. The second-order valence-corrected chi connectivity index (χ2v) is 5.39. The lowest BCUT2D eigenvalue weighted by Gasteiger charge is -2.23. The number of aromatic carboxylic acids is 1. The summed E-state index contributed by atoms with van der Waals surface area (Å²) in [6, 6.07) is 5.93. The molecule has 5 nitrogen and oxygen atoms in total. The van der Waals surface area contributed by atoms with Crippen molar-refractivity contribution >= 4 is 17.3 Å². The number of nitrogens with one attached hydrogen (secondary N) is 1. The van der Waals surface area contributed by atoms with E-state index in [4.69, 9.17) is 10.8 Å². The molecule has 1 aromatic carbocycles. The molecule has 2 aliphatic heterocycles. The van der Waals surface area contributed by atoms with Crippen molar-refractivity contribution in [2.75, 3.05) is 24.1 Å². The van der Waals surface area contributed by atoms with Crippen LogP contribution in [-0.2, 0) is 0 Å². The molecule has 0 aromatic heterocycles. The third-order valence-corrected chi connectivity index (χ3v) is 4.25. The van der Waals surface area contributed by atoms with Crippen LogP contribution >= 0.6 is 0 Å². The minimum Gasteiger partial charge on any atom is -0.478 e. The van der Waals surface area contributed by atoms with Gasteiger partial charge in [-0.15, -0.1) is 0 Å². The van der Waals surface area contributed by atoms with Crippen molar-refractivity contribution in [3.05, 3.63) is 23.8 Å². The molecule has 0 radical (unpaired) electrons. The molecule has 0 spiro atoms. The minimum absolute atomic E-state index is 0.233. The highest BCUT2D eigenvalue weighted by atomic mass is 16.4. The highest BCUT2D eigenvalue weighted by Crippen LogP contribution is 2.31. The maximum Gasteiger partial charge on any atom is 0.335 e. The standard InChI is InChI=1S/C14H19N3O2/c15-10-8-9(14(18)19)3-4-11(10)16-12-5-7-17-6-1-2-13(12)17/h3-4,8,12-13,16H,1-2,5-7,15H2,(H,18,19). The fourth-order valence-corrected chi connectivity index (χ4v) is 3.28. The Morgan fingerprint density at radius 1 is 1.37 bits per heavy atom. The number of carboxylic acid groups (broad SMARTS) is 1. The predicted molar refractivity (Wildman–Crippen MR) is 74.4 cm³/mol. The van der Waals surface area contributed by atoms with Gasteiger partial charge in [-0.3, -0.25) is 4.90 Å². The van der Waals surface area contributed by atoms with E-state index in [-0.39, 0.29) is 5.56 Å². The molecule has 102 valence electrons. The smallest absolute Gasteiger partial charge is 0.335 e. The molecule has 3 rings (SSSR count). The third-order valence-electron chi connectivity index (χ3n) is 4.25. The van der Waals surface area contributed by atoms with E-state index in [1.165, 1.54) is 25.5 Å². The van der Waals surface area contributed by atoms with Crippen LogP contribution in [0.4, 0.5) is 11.4 Å². The number of carboxylic acids is 1. The number of rotatable bonds is 3. The number of nitrogens with two attached hydrogens (primary N) is 1. The predicted octanol–water partition coefficient (Wildman–Crippen LogP) is 1.62. The number of carbonyl (C=O) groups is 1. The summed E-state index contributed by atoms with van der Waals surface area (Å²) in [7, 11) is 0. The first kappa shape index (κ1) is 12.3. The zero-order valence-electron chi connectivity index (χ0n) is 10.8. The van der Waals surface area contributed by atoms with Gasteiger partial charge >= 0.3 is 5.97 Å². The molecule has 5 heteroatoms. The van der Waals surface area contributed by atoms with E-state index in [1.54, 1.807) is 12.1 Å². The minimum atomic E-state index is -0.943. The van der Waals surface area contributed by atoms with Crippen LogP contribution < -0.4 is 11.1 Å². The van der Waals surface area contributed by atoms with Crippen molar-refractivity contribution in [3.63, 3.8) is 0 Å². The van der Waals surface area contributed by atoms with E-state index in [0.29, 0.717) is 17.8 Å². The molecule has 4 N–H and O–H groups in total. The van der Waals surface area contributed by atoms with Crippen LogP contribution in [0.5, 0.6) is 0 Å². The van der Waals surface area contributed by atoms with Gasteiger partial charge in [0.05, 0.1) is 16.9 Å². The average molecular weight is 261 g/mol. The molecular formula is C14H19N3O2. The van der Waals surface area contributed by atoms with E-state index in [2.05, 4.69) is 10.2 Å². The fourth-order valence-electron chi connectivity index (χ4n) is 3.28. The lowest BCUT2D eigenvalue weighted by atomic mass is 10.1. The summed E-state index contributed by atoms with van der Waals surface area (Å²) >= 11 is 0. The SMILES string of the molecule is Nc1cc(C(=O)O)ccc1NC1CCN2CCCC12. The molecule has 0 amide bonds. The summed E-state index contributed by atoms with van der Waals surface area (Å²) < 4.78 is 0. The Balaban J connectivity index is 1.75. The Morgan fingerprint density at radius 3 is 2.95 bits per heavy atom. The first-order chi connectivity index (χ1) is 9.15. The summed E-state index contributed by atoms with van der Waals surface area (Å²) in [6.45, 7) is 2.35. The number of hydrogen-bond acceptors (Lipinski definition) is 4.